The van der Waals surface area contributed by atoms with Crippen molar-refractivity contribution in [2.75, 3.05) is 6.61 Å². The van der Waals surface area contributed by atoms with E-state index in [4.69, 9.17) is 9.84 Å². The zero-order chi connectivity index (χ0) is 18.6. The number of ether oxygens (including phenoxy) is 1. The fourth-order valence-electron chi connectivity index (χ4n) is 2.10. The molecule has 25 heavy (non-hydrogen) atoms. The van der Waals surface area contributed by atoms with E-state index in [2.05, 4.69) is 4.98 Å². The summed E-state index contributed by atoms with van der Waals surface area (Å²) in [5.41, 5.74) is -2.79. The van der Waals surface area contributed by atoms with Crippen LogP contribution in [0, 0.1) is 5.82 Å². The molecular formula is C13H15FN4O7. The molecule has 1 fully saturated rings. The molecule has 0 unspecified atom stereocenters. The Morgan fingerprint density at radius 1 is 1.28 bits per heavy atom. The second-order valence-electron chi connectivity index (χ2n) is 5.05. The summed E-state index contributed by atoms with van der Waals surface area (Å²) in [6, 6.07) is 1.20. The highest BCUT2D eigenvalue weighted by molar-refractivity contribution is 4.88. The van der Waals surface area contributed by atoms with Crippen LogP contribution in [0.25, 0.3) is 0 Å². The molecule has 1 saturated heterocycles. The summed E-state index contributed by atoms with van der Waals surface area (Å²) in [6.07, 6.45) is 0.0607. The number of nitrogens with zero attached hydrogens (tertiary/aromatic N) is 1. The third-order valence-corrected chi connectivity index (χ3v) is 3.32. The second-order valence-corrected chi connectivity index (χ2v) is 5.05. The van der Waals surface area contributed by atoms with Gasteiger partial charge in [-0.2, -0.15) is 4.39 Å². The van der Waals surface area contributed by atoms with Gasteiger partial charge < -0.3 is 19.9 Å². The van der Waals surface area contributed by atoms with Crippen LogP contribution >= 0.6 is 0 Å². The van der Waals surface area contributed by atoms with Gasteiger partial charge in [0.2, 0.25) is 5.82 Å². The van der Waals surface area contributed by atoms with Crippen molar-refractivity contribution in [2.45, 2.75) is 24.9 Å². The zero-order valence-corrected chi connectivity index (χ0v) is 12.6. The van der Waals surface area contributed by atoms with E-state index in [0.29, 0.717) is 6.20 Å². The molecule has 0 saturated carbocycles. The number of H-pyrrole nitrogens is 3. The van der Waals surface area contributed by atoms with Crippen molar-refractivity contribution in [2.24, 2.45) is 0 Å². The molecule has 136 valence electrons. The molecular weight excluding hydrogens is 343 g/mol. The Morgan fingerprint density at radius 2 is 2.00 bits per heavy atom. The van der Waals surface area contributed by atoms with Gasteiger partial charge in [-0.15, -0.1) is 0 Å². The number of halogens is 1. The predicted octanol–water partition coefficient (Wildman–Crippen LogP) is -2.62. The van der Waals surface area contributed by atoms with Crippen molar-refractivity contribution in [1.82, 2.24) is 19.5 Å². The molecule has 1 aliphatic heterocycles. The van der Waals surface area contributed by atoms with Gasteiger partial charge >= 0.3 is 11.4 Å². The molecule has 3 rings (SSSR count). The molecule has 0 bridgehead atoms. The zero-order valence-electron chi connectivity index (χ0n) is 12.6. The summed E-state index contributed by atoms with van der Waals surface area (Å²) in [7, 11) is 0. The van der Waals surface area contributed by atoms with Crippen molar-refractivity contribution in [3.8, 4) is 0 Å². The van der Waals surface area contributed by atoms with Gasteiger partial charge in [-0.25, -0.2) is 9.59 Å². The Labute approximate surface area is 137 Å². The number of aromatic amines is 3. The molecule has 2 aromatic rings. The van der Waals surface area contributed by atoms with Gasteiger partial charge in [0.15, 0.2) is 0 Å². The normalized spacial score (nSPS) is 22.3. The van der Waals surface area contributed by atoms with E-state index in [9.17, 15) is 28.7 Å². The SMILES string of the molecule is O=c1[nH]cc(F)c(=O)[nH]1.O=c1ccn([C@H]2C[C@H](O)[C@@H](CO)O2)c(=O)[nH]1. The van der Waals surface area contributed by atoms with Crippen molar-refractivity contribution in [1.29, 1.82) is 0 Å². The van der Waals surface area contributed by atoms with E-state index >= 15 is 0 Å². The molecule has 12 heteroatoms. The number of aliphatic hydroxyl groups is 2. The van der Waals surface area contributed by atoms with Crippen LogP contribution in [0.2, 0.25) is 0 Å². The fraction of sp³-hybridized carbons (Fsp3) is 0.385. The number of rotatable bonds is 2. The highest BCUT2D eigenvalue weighted by Crippen LogP contribution is 2.26. The van der Waals surface area contributed by atoms with Crippen molar-refractivity contribution in [3.63, 3.8) is 0 Å². The first-order valence-electron chi connectivity index (χ1n) is 7.05. The largest absolute Gasteiger partial charge is 0.394 e. The minimum absolute atomic E-state index is 0.206. The maximum Gasteiger partial charge on any atom is 0.330 e. The second kappa shape index (κ2) is 7.83. The molecule has 0 aromatic carbocycles. The van der Waals surface area contributed by atoms with Gasteiger partial charge in [-0.1, -0.05) is 0 Å². The Bertz CT molecular complexity index is 946. The first-order chi connectivity index (χ1) is 11.8. The predicted molar refractivity (Wildman–Crippen MR) is 80.6 cm³/mol. The lowest BCUT2D eigenvalue weighted by Gasteiger charge is -2.13. The van der Waals surface area contributed by atoms with Gasteiger partial charge in [-0.3, -0.25) is 24.1 Å². The number of aliphatic hydroxyl groups excluding tert-OH is 2. The molecule has 1 aliphatic rings. The van der Waals surface area contributed by atoms with Gasteiger partial charge in [0.05, 0.1) is 12.7 Å². The van der Waals surface area contributed by atoms with Gasteiger partial charge in [0.1, 0.15) is 12.3 Å². The van der Waals surface area contributed by atoms with Gasteiger partial charge in [0, 0.05) is 24.9 Å². The van der Waals surface area contributed by atoms with Crippen molar-refractivity contribution < 1.29 is 19.3 Å². The van der Waals surface area contributed by atoms with Crippen LogP contribution in [-0.2, 0) is 4.74 Å². The Kier molecular flexibility index (Phi) is 5.80. The standard InChI is InChI=1S/C9H12N2O5.C4H3FN2O2/c12-4-6-5(13)3-8(16-6)11-2-1-7(14)10-9(11)15;5-2-1-6-4(9)7-3(2)8/h1-2,5-6,8,12-13H,3-4H2,(H,10,14,15);1H,(H2,6,7,8,9)/t5-,6+,8+;/m0./s1. The third kappa shape index (κ3) is 4.59. The van der Waals surface area contributed by atoms with Crippen LogP contribution in [0.5, 0.6) is 0 Å². The molecule has 0 aliphatic carbocycles. The Hall–Kier alpha value is -2.83. The Balaban J connectivity index is 0.000000212. The lowest BCUT2D eigenvalue weighted by molar-refractivity contribution is -0.0459. The summed E-state index contributed by atoms with van der Waals surface area (Å²) in [5, 5.41) is 18.4. The maximum atomic E-state index is 12.0. The van der Waals surface area contributed by atoms with E-state index in [0.717, 1.165) is 0 Å². The molecule has 2 aromatic heterocycles. The van der Waals surface area contributed by atoms with E-state index in [1.807, 2.05) is 4.98 Å². The molecule has 0 radical (unpaired) electrons. The van der Waals surface area contributed by atoms with Crippen LogP contribution < -0.4 is 22.5 Å². The topological polar surface area (TPSA) is 170 Å². The highest BCUT2D eigenvalue weighted by atomic mass is 19.1. The number of hydrogen-bond acceptors (Lipinski definition) is 7. The quantitative estimate of drug-likeness (QED) is 0.391. The van der Waals surface area contributed by atoms with Crippen molar-refractivity contribution >= 4 is 0 Å². The monoisotopic (exact) mass is 358 g/mol. The van der Waals surface area contributed by atoms with Crippen LogP contribution in [-0.4, -0.2) is 48.5 Å². The molecule has 5 N–H and O–H groups in total. The number of hydrogen-bond donors (Lipinski definition) is 5. The average molecular weight is 358 g/mol. The summed E-state index contributed by atoms with van der Waals surface area (Å²) in [6.45, 7) is -0.310. The molecule has 11 nitrogen and oxygen atoms in total. The summed E-state index contributed by atoms with van der Waals surface area (Å²) >= 11 is 0. The number of aromatic nitrogens is 4. The third-order valence-electron chi connectivity index (χ3n) is 3.32. The van der Waals surface area contributed by atoms with Crippen LogP contribution in [0.1, 0.15) is 12.6 Å². The molecule has 3 atom stereocenters. The fourth-order valence-corrected chi connectivity index (χ4v) is 2.10. The van der Waals surface area contributed by atoms with E-state index < -0.39 is 46.8 Å². The van der Waals surface area contributed by atoms with Crippen LogP contribution in [0.4, 0.5) is 4.39 Å². The van der Waals surface area contributed by atoms with Crippen LogP contribution in [0.15, 0.2) is 37.6 Å². The molecule has 0 spiro atoms. The first kappa shape index (κ1) is 18.5. The van der Waals surface area contributed by atoms with Crippen molar-refractivity contribution in [3.05, 3.63) is 66.0 Å². The smallest absolute Gasteiger partial charge is 0.330 e. The number of nitrogens with one attached hydrogen (secondary N) is 3. The van der Waals surface area contributed by atoms with E-state index in [-0.39, 0.29) is 13.0 Å². The van der Waals surface area contributed by atoms with E-state index in [1.54, 1.807) is 4.98 Å². The lowest BCUT2D eigenvalue weighted by Crippen LogP contribution is -2.31. The minimum atomic E-state index is -1.00. The first-order valence-corrected chi connectivity index (χ1v) is 7.05. The van der Waals surface area contributed by atoms with Crippen LogP contribution in [0.3, 0.4) is 0 Å². The summed E-state index contributed by atoms with van der Waals surface area (Å²) in [4.78, 5) is 48.4. The maximum absolute atomic E-state index is 12.0. The average Bonchev–Trinajstić information content (AvgIpc) is 2.92. The summed E-state index contributed by atoms with van der Waals surface area (Å²) in [5.74, 6) is -0.991. The van der Waals surface area contributed by atoms with Gasteiger partial charge in [0.25, 0.3) is 11.1 Å². The molecule has 3 heterocycles. The van der Waals surface area contributed by atoms with Gasteiger partial charge in [-0.05, 0) is 0 Å². The lowest BCUT2D eigenvalue weighted by atomic mass is 10.2. The highest BCUT2D eigenvalue weighted by Gasteiger charge is 2.34. The van der Waals surface area contributed by atoms with E-state index in [1.165, 1.54) is 16.8 Å². The minimum Gasteiger partial charge on any atom is -0.394 e. The Morgan fingerprint density at radius 3 is 2.52 bits per heavy atom. The molecule has 0 amide bonds. The summed E-state index contributed by atoms with van der Waals surface area (Å²) < 4.78 is 18.4.